The Morgan fingerprint density at radius 3 is 2.43 bits per heavy atom. The molecule has 1 aliphatic rings. The molecule has 1 fully saturated rings. The molecule has 6 rings (SSSR count). The molecule has 3 aromatic heterocycles. The van der Waals surface area contributed by atoms with Crippen LogP contribution in [0.25, 0.3) is 22.5 Å². The van der Waals surface area contributed by atoms with Crippen LogP contribution in [0.4, 0.5) is 5.95 Å². The number of carbonyl (C=O) groups is 1. The summed E-state index contributed by atoms with van der Waals surface area (Å²) in [5, 5.41) is 12.9. The van der Waals surface area contributed by atoms with Crippen LogP contribution in [0.5, 0.6) is 5.88 Å². The van der Waals surface area contributed by atoms with Gasteiger partial charge < -0.3 is 24.3 Å². The van der Waals surface area contributed by atoms with E-state index in [4.69, 9.17) is 18.9 Å². The van der Waals surface area contributed by atoms with Crippen molar-refractivity contribution in [2.45, 2.75) is 77.0 Å². The maximum atomic E-state index is 13.4. The first kappa shape index (κ1) is 37.6. The van der Waals surface area contributed by atoms with Gasteiger partial charge in [0.05, 0.1) is 46.8 Å². The third-order valence-corrected chi connectivity index (χ3v) is 9.68. The summed E-state index contributed by atoms with van der Waals surface area (Å²) in [5.41, 5.74) is 6.19. The van der Waals surface area contributed by atoms with Crippen LogP contribution in [0, 0.1) is 20.8 Å². The average molecular weight is 737 g/mol. The molecule has 1 saturated carbocycles. The first-order chi connectivity index (χ1) is 23.9. The molecule has 0 spiro atoms. The van der Waals surface area contributed by atoms with E-state index in [9.17, 15) is 18.3 Å². The lowest BCUT2D eigenvalue weighted by molar-refractivity contribution is 0.0491. The van der Waals surface area contributed by atoms with E-state index in [-0.39, 0.29) is 53.4 Å². The summed E-state index contributed by atoms with van der Waals surface area (Å²) < 4.78 is 47.2. The number of ether oxygens (including phenoxy) is 2. The topological polar surface area (TPSA) is 179 Å². The van der Waals surface area contributed by atoms with Crippen molar-refractivity contribution in [1.82, 2.24) is 25.3 Å². The van der Waals surface area contributed by atoms with Crippen molar-refractivity contribution in [3.63, 3.8) is 0 Å². The minimum absolute atomic E-state index is 0. The fourth-order valence-electron chi connectivity index (χ4n) is 5.75. The Morgan fingerprint density at radius 2 is 1.75 bits per heavy atom. The number of nitrogens with one attached hydrogen (secondary N) is 2. The Morgan fingerprint density at radius 1 is 1.02 bits per heavy atom. The zero-order valence-corrected chi connectivity index (χ0v) is 30.6. The summed E-state index contributed by atoms with van der Waals surface area (Å²) in [5.74, 6) is -0.00294. The summed E-state index contributed by atoms with van der Waals surface area (Å²) in [6.07, 6.45) is 3.92. The number of carboxylic acids is 1. The molecule has 0 radical (unpaired) electrons. The second-order valence-corrected chi connectivity index (χ2v) is 14.4. The normalized spacial score (nSPS) is 13.6. The van der Waals surface area contributed by atoms with Crippen LogP contribution in [-0.2, 0) is 21.3 Å². The summed E-state index contributed by atoms with van der Waals surface area (Å²) >= 11 is 0. The number of carboxylic acid groups (broad SMARTS) is 1. The molecule has 2 aromatic carbocycles. The van der Waals surface area contributed by atoms with Crippen LogP contribution >= 0.6 is 12.4 Å². The molecule has 0 unspecified atom stereocenters. The summed E-state index contributed by atoms with van der Waals surface area (Å²) in [6.45, 7) is 10.6. The molecule has 3 N–H and O–H groups in total. The minimum Gasteiger partial charge on any atom is -0.478 e. The number of sulfonamides is 1. The Bertz CT molecular complexity index is 2130. The largest absolute Gasteiger partial charge is 0.478 e. The lowest BCUT2D eigenvalue weighted by Crippen LogP contribution is -2.39. The second kappa shape index (κ2) is 15.7. The van der Waals surface area contributed by atoms with Gasteiger partial charge in [-0.2, -0.15) is 4.98 Å². The number of rotatable bonds is 15. The Hall–Kier alpha value is -4.63. The number of aromatic carboxylic acids is 1. The molecule has 1 atom stereocenters. The van der Waals surface area contributed by atoms with Crippen LogP contribution in [-0.4, -0.2) is 64.8 Å². The van der Waals surface area contributed by atoms with Gasteiger partial charge in [0.25, 0.3) is 10.0 Å². The van der Waals surface area contributed by atoms with Gasteiger partial charge in [-0.1, -0.05) is 24.3 Å². The van der Waals surface area contributed by atoms with Crippen LogP contribution in [0.3, 0.4) is 0 Å². The molecule has 13 nitrogen and oxygen atoms in total. The quantitative estimate of drug-likeness (QED) is 0.108. The molecular weight excluding hydrogens is 696 g/mol. The highest BCUT2D eigenvalue weighted by atomic mass is 35.5. The maximum Gasteiger partial charge on any atom is 0.335 e. The Balaban J connectivity index is 0.00000504. The standard InChI is InChI=1S/C36H40N6O7S.ClH/c1-20(2)47-18-27(37-16-26-17-38-34-33(39-26)32(23(5)49-34)24-12-13-24)19-48-30-15-29(31-21(3)8-6-9-22(31)4)40-36(41-30)42-50(45,46)28-11-7-10-25(14-28)35(43)44;/h6-11,14-15,17,20,24,27,37H,12-13,16,18-19H2,1-5H3,(H,43,44)(H,40,41,42);1H/t27-;/m1./s1. The molecule has 270 valence electrons. The van der Waals surface area contributed by atoms with E-state index in [0.29, 0.717) is 30.5 Å². The SMILES string of the molecule is Cc1cccc(C)c1-c1cc(OC[C@@H](COC(C)C)NCc2cnc3oc(C)c(C4CC4)c3n2)nc(NS(=O)(=O)c2cccc(C(=O)O)c2)n1.Cl. The number of hydrogen-bond acceptors (Lipinski definition) is 11. The van der Waals surface area contributed by atoms with Crippen molar-refractivity contribution in [1.29, 1.82) is 0 Å². The molecule has 0 aliphatic heterocycles. The number of anilines is 1. The maximum absolute atomic E-state index is 13.4. The predicted molar refractivity (Wildman–Crippen MR) is 194 cm³/mol. The smallest absolute Gasteiger partial charge is 0.335 e. The van der Waals surface area contributed by atoms with Crippen molar-refractivity contribution in [3.8, 4) is 17.1 Å². The number of nitrogens with zero attached hydrogens (tertiary/aromatic N) is 4. The van der Waals surface area contributed by atoms with Crippen LogP contribution in [0.1, 0.15) is 71.1 Å². The first-order valence-electron chi connectivity index (χ1n) is 16.4. The minimum atomic E-state index is -4.26. The fraction of sp³-hybridized carbons (Fsp3) is 0.361. The number of fused-ring (bicyclic) bond motifs is 1. The van der Waals surface area contributed by atoms with E-state index in [1.54, 1.807) is 12.3 Å². The van der Waals surface area contributed by atoms with Crippen molar-refractivity contribution >= 4 is 45.6 Å². The van der Waals surface area contributed by atoms with Gasteiger partial charge in [-0.15, -0.1) is 12.4 Å². The Kier molecular flexibility index (Phi) is 11.6. The Labute approximate surface area is 302 Å². The zero-order valence-electron chi connectivity index (χ0n) is 29.0. The fourth-order valence-corrected chi connectivity index (χ4v) is 6.73. The number of hydrogen-bond donors (Lipinski definition) is 3. The molecule has 15 heteroatoms. The highest BCUT2D eigenvalue weighted by Crippen LogP contribution is 2.45. The second-order valence-electron chi connectivity index (χ2n) is 12.8. The third kappa shape index (κ3) is 9.00. The number of aromatic nitrogens is 4. The molecule has 0 amide bonds. The highest BCUT2D eigenvalue weighted by molar-refractivity contribution is 7.92. The predicted octanol–water partition coefficient (Wildman–Crippen LogP) is 6.37. The lowest BCUT2D eigenvalue weighted by Gasteiger charge is -2.21. The van der Waals surface area contributed by atoms with Crippen molar-refractivity contribution in [3.05, 3.63) is 88.4 Å². The van der Waals surface area contributed by atoms with E-state index in [1.165, 1.54) is 18.2 Å². The van der Waals surface area contributed by atoms with Crippen LogP contribution < -0.4 is 14.8 Å². The van der Waals surface area contributed by atoms with Crippen LogP contribution in [0.15, 0.2) is 64.0 Å². The van der Waals surface area contributed by atoms with Crippen LogP contribution in [0.2, 0.25) is 0 Å². The molecule has 51 heavy (non-hydrogen) atoms. The van der Waals surface area contributed by atoms with Gasteiger partial charge in [0, 0.05) is 23.7 Å². The van der Waals surface area contributed by atoms with Gasteiger partial charge in [-0.05, 0) is 82.7 Å². The summed E-state index contributed by atoms with van der Waals surface area (Å²) in [7, 11) is -4.26. The van der Waals surface area contributed by atoms with Crippen molar-refractivity contribution < 1.29 is 32.2 Å². The number of benzene rings is 2. The molecule has 3 heterocycles. The molecule has 1 aliphatic carbocycles. The van der Waals surface area contributed by atoms with E-state index in [2.05, 4.69) is 25.0 Å². The lowest BCUT2D eigenvalue weighted by atomic mass is 10.00. The average Bonchev–Trinajstić information content (AvgIpc) is 3.85. The molecular formula is C36H41ClN6O7S. The van der Waals surface area contributed by atoms with Gasteiger partial charge in [-0.25, -0.2) is 32.9 Å². The van der Waals surface area contributed by atoms with Gasteiger partial charge in [0.1, 0.15) is 17.9 Å². The van der Waals surface area contributed by atoms with Gasteiger partial charge in [0.2, 0.25) is 17.5 Å². The summed E-state index contributed by atoms with van der Waals surface area (Å²) in [6, 6.07) is 12.2. The van der Waals surface area contributed by atoms with E-state index in [0.717, 1.165) is 58.1 Å². The third-order valence-electron chi connectivity index (χ3n) is 8.35. The van der Waals surface area contributed by atoms with Gasteiger partial charge in [0.15, 0.2) is 0 Å². The zero-order chi connectivity index (χ0) is 35.6. The number of aryl methyl sites for hydroxylation is 3. The van der Waals surface area contributed by atoms with E-state index >= 15 is 0 Å². The van der Waals surface area contributed by atoms with Gasteiger partial charge >= 0.3 is 5.97 Å². The molecule has 0 saturated heterocycles. The van der Waals surface area contributed by atoms with E-state index < -0.39 is 16.0 Å². The van der Waals surface area contributed by atoms with Crippen molar-refractivity contribution in [2.24, 2.45) is 0 Å². The highest BCUT2D eigenvalue weighted by Gasteiger charge is 2.31. The summed E-state index contributed by atoms with van der Waals surface area (Å²) in [4.78, 5) is 29.6. The van der Waals surface area contributed by atoms with E-state index in [1.807, 2.05) is 52.8 Å². The first-order valence-corrected chi connectivity index (χ1v) is 17.9. The van der Waals surface area contributed by atoms with Crippen molar-refractivity contribution in [2.75, 3.05) is 17.9 Å². The molecule has 0 bridgehead atoms. The number of furan rings is 1. The monoisotopic (exact) mass is 736 g/mol. The molecule has 5 aromatic rings. The number of halogens is 1. The van der Waals surface area contributed by atoms with Gasteiger partial charge in [-0.3, -0.25) is 0 Å².